The summed E-state index contributed by atoms with van der Waals surface area (Å²) in [6.07, 6.45) is 0. The summed E-state index contributed by atoms with van der Waals surface area (Å²) in [4.78, 5) is 15.9. The highest BCUT2D eigenvalue weighted by molar-refractivity contribution is 9.10. The van der Waals surface area contributed by atoms with Crippen LogP contribution in [0, 0.1) is 5.82 Å². The standard InChI is InChI=1S/C16H9BrFNO2/c17-10-3-6-14-12(7-10)13(16(20)21)8-15(19-14)9-1-4-11(18)5-2-9/h1-8H,(H,20,21). The van der Waals surface area contributed by atoms with Crippen molar-refractivity contribution >= 4 is 32.8 Å². The van der Waals surface area contributed by atoms with E-state index in [9.17, 15) is 14.3 Å². The van der Waals surface area contributed by atoms with Crippen LogP contribution in [0.1, 0.15) is 10.4 Å². The average Bonchev–Trinajstić information content (AvgIpc) is 2.46. The molecular formula is C16H9BrFNO2. The second-order valence-electron chi connectivity index (χ2n) is 4.53. The molecule has 0 spiro atoms. The molecule has 0 aliphatic rings. The first-order valence-corrected chi connectivity index (χ1v) is 6.93. The molecule has 0 bridgehead atoms. The van der Waals surface area contributed by atoms with Crippen molar-refractivity contribution in [1.29, 1.82) is 0 Å². The van der Waals surface area contributed by atoms with E-state index in [4.69, 9.17) is 0 Å². The Labute approximate surface area is 128 Å². The van der Waals surface area contributed by atoms with Crippen LogP contribution in [-0.4, -0.2) is 16.1 Å². The molecule has 0 unspecified atom stereocenters. The highest BCUT2D eigenvalue weighted by Gasteiger charge is 2.13. The van der Waals surface area contributed by atoms with Crippen molar-refractivity contribution < 1.29 is 14.3 Å². The maximum absolute atomic E-state index is 13.0. The minimum atomic E-state index is -1.02. The number of nitrogens with zero attached hydrogens (tertiary/aromatic N) is 1. The van der Waals surface area contributed by atoms with E-state index in [1.54, 1.807) is 30.3 Å². The van der Waals surface area contributed by atoms with E-state index >= 15 is 0 Å². The van der Waals surface area contributed by atoms with Gasteiger partial charge in [0.2, 0.25) is 0 Å². The predicted molar refractivity (Wildman–Crippen MR) is 81.8 cm³/mol. The van der Waals surface area contributed by atoms with Gasteiger partial charge in [-0.15, -0.1) is 0 Å². The van der Waals surface area contributed by atoms with Gasteiger partial charge in [-0.1, -0.05) is 15.9 Å². The highest BCUT2D eigenvalue weighted by Crippen LogP contribution is 2.27. The second kappa shape index (κ2) is 5.26. The fraction of sp³-hybridized carbons (Fsp3) is 0. The Balaban J connectivity index is 2.28. The molecule has 0 saturated heterocycles. The maximum Gasteiger partial charge on any atom is 0.336 e. The van der Waals surface area contributed by atoms with Crippen molar-refractivity contribution in [2.45, 2.75) is 0 Å². The van der Waals surface area contributed by atoms with Gasteiger partial charge >= 0.3 is 5.97 Å². The summed E-state index contributed by atoms with van der Waals surface area (Å²) in [5, 5.41) is 9.94. The monoisotopic (exact) mass is 345 g/mol. The lowest BCUT2D eigenvalue weighted by Gasteiger charge is -2.07. The number of rotatable bonds is 2. The van der Waals surface area contributed by atoms with Crippen molar-refractivity contribution in [3.05, 3.63) is 64.4 Å². The molecule has 0 fully saturated rings. The van der Waals surface area contributed by atoms with Gasteiger partial charge in [0.05, 0.1) is 16.8 Å². The van der Waals surface area contributed by atoms with Crippen LogP contribution in [0.15, 0.2) is 53.0 Å². The molecule has 5 heteroatoms. The van der Waals surface area contributed by atoms with Crippen LogP contribution in [0.2, 0.25) is 0 Å². The van der Waals surface area contributed by atoms with E-state index in [0.29, 0.717) is 22.2 Å². The topological polar surface area (TPSA) is 50.2 Å². The molecule has 104 valence electrons. The van der Waals surface area contributed by atoms with E-state index in [1.165, 1.54) is 18.2 Å². The maximum atomic E-state index is 13.0. The summed E-state index contributed by atoms with van der Waals surface area (Å²) in [6.45, 7) is 0. The summed E-state index contributed by atoms with van der Waals surface area (Å²) in [5.41, 5.74) is 1.92. The van der Waals surface area contributed by atoms with Gasteiger partial charge in [0.15, 0.2) is 0 Å². The van der Waals surface area contributed by atoms with Crippen LogP contribution in [0.4, 0.5) is 4.39 Å². The zero-order chi connectivity index (χ0) is 15.0. The van der Waals surface area contributed by atoms with Gasteiger partial charge in [0, 0.05) is 15.4 Å². The molecule has 21 heavy (non-hydrogen) atoms. The zero-order valence-electron chi connectivity index (χ0n) is 10.7. The third kappa shape index (κ3) is 2.64. The number of halogens is 2. The third-order valence-electron chi connectivity index (χ3n) is 3.14. The first kappa shape index (κ1) is 13.7. The summed E-state index contributed by atoms with van der Waals surface area (Å²) in [7, 11) is 0. The van der Waals surface area contributed by atoms with Gasteiger partial charge in [-0.05, 0) is 48.5 Å². The molecular weight excluding hydrogens is 337 g/mol. The van der Waals surface area contributed by atoms with Crippen molar-refractivity contribution in [3.8, 4) is 11.3 Å². The van der Waals surface area contributed by atoms with E-state index in [0.717, 1.165) is 4.47 Å². The van der Waals surface area contributed by atoms with Crippen LogP contribution in [0.25, 0.3) is 22.2 Å². The summed E-state index contributed by atoms with van der Waals surface area (Å²) < 4.78 is 13.8. The van der Waals surface area contributed by atoms with E-state index < -0.39 is 5.97 Å². The predicted octanol–water partition coefficient (Wildman–Crippen LogP) is 4.50. The number of carboxylic acids is 1. The SMILES string of the molecule is O=C(O)c1cc(-c2ccc(F)cc2)nc2ccc(Br)cc12. The van der Waals surface area contributed by atoms with Crippen molar-refractivity contribution in [2.24, 2.45) is 0 Å². The van der Waals surface area contributed by atoms with Gasteiger partial charge in [0.1, 0.15) is 5.82 Å². The second-order valence-corrected chi connectivity index (χ2v) is 5.44. The number of hydrogen-bond donors (Lipinski definition) is 1. The van der Waals surface area contributed by atoms with E-state index in [1.807, 2.05) is 0 Å². The molecule has 0 radical (unpaired) electrons. The minimum Gasteiger partial charge on any atom is -0.478 e. The van der Waals surface area contributed by atoms with Crippen LogP contribution >= 0.6 is 15.9 Å². The van der Waals surface area contributed by atoms with Gasteiger partial charge in [-0.25, -0.2) is 14.2 Å². The summed E-state index contributed by atoms with van der Waals surface area (Å²) in [6, 6.07) is 12.6. The van der Waals surface area contributed by atoms with Gasteiger partial charge in [0.25, 0.3) is 0 Å². The molecule has 3 rings (SSSR count). The quantitative estimate of drug-likeness (QED) is 0.743. The molecule has 0 saturated carbocycles. The Kier molecular flexibility index (Phi) is 3.43. The molecule has 1 N–H and O–H groups in total. The van der Waals surface area contributed by atoms with Gasteiger partial charge < -0.3 is 5.11 Å². The molecule has 0 amide bonds. The van der Waals surface area contributed by atoms with Gasteiger partial charge in [-0.3, -0.25) is 0 Å². The summed E-state index contributed by atoms with van der Waals surface area (Å²) in [5.74, 6) is -1.37. The minimum absolute atomic E-state index is 0.167. The molecule has 0 atom stereocenters. The Hall–Kier alpha value is -2.27. The number of carboxylic acid groups (broad SMARTS) is 1. The zero-order valence-corrected chi connectivity index (χ0v) is 12.3. The van der Waals surface area contributed by atoms with Crippen LogP contribution in [-0.2, 0) is 0 Å². The molecule has 1 heterocycles. The molecule has 0 aliphatic carbocycles. The number of aromatic carboxylic acids is 1. The number of fused-ring (bicyclic) bond motifs is 1. The molecule has 3 aromatic rings. The first-order valence-electron chi connectivity index (χ1n) is 6.14. The van der Waals surface area contributed by atoms with Crippen LogP contribution in [0.3, 0.4) is 0 Å². The average molecular weight is 346 g/mol. The van der Waals surface area contributed by atoms with Crippen molar-refractivity contribution in [1.82, 2.24) is 4.98 Å². The Morgan fingerprint density at radius 3 is 2.48 bits per heavy atom. The lowest BCUT2D eigenvalue weighted by atomic mass is 10.0. The Morgan fingerprint density at radius 1 is 1.10 bits per heavy atom. The molecule has 1 aromatic heterocycles. The lowest BCUT2D eigenvalue weighted by molar-refractivity contribution is 0.0699. The highest BCUT2D eigenvalue weighted by atomic mass is 79.9. The number of carbonyl (C=O) groups is 1. The first-order chi connectivity index (χ1) is 10.0. The third-order valence-corrected chi connectivity index (χ3v) is 3.63. The van der Waals surface area contributed by atoms with Crippen LogP contribution < -0.4 is 0 Å². The fourth-order valence-corrected chi connectivity index (χ4v) is 2.50. The molecule has 3 nitrogen and oxygen atoms in total. The Morgan fingerprint density at radius 2 is 1.81 bits per heavy atom. The number of benzene rings is 2. The Bertz CT molecular complexity index is 847. The molecule has 2 aromatic carbocycles. The summed E-state index contributed by atoms with van der Waals surface area (Å²) >= 11 is 3.32. The number of aromatic nitrogens is 1. The smallest absolute Gasteiger partial charge is 0.336 e. The van der Waals surface area contributed by atoms with Gasteiger partial charge in [-0.2, -0.15) is 0 Å². The van der Waals surface area contributed by atoms with E-state index in [-0.39, 0.29) is 11.4 Å². The van der Waals surface area contributed by atoms with E-state index in [2.05, 4.69) is 20.9 Å². The van der Waals surface area contributed by atoms with Crippen molar-refractivity contribution in [3.63, 3.8) is 0 Å². The number of hydrogen-bond acceptors (Lipinski definition) is 2. The van der Waals surface area contributed by atoms with Crippen LogP contribution in [0.5, 0.6) is 0 Å². The molecule has 0 aliphatic heterocycles. The normalized spacial score (nSPS) is 10.8. The van der Waals surface area contributed by atoms with Crippen molar-refractivity contribution in [2.75, 3.05) is 0 Å². The lowest BCUT2D eigenvalue weighted by Crippen LogP contribution is -2.00. The largest absolute Gasteiger partial charge is 0.478 e. The number of pyridine rings is 1. The fourth-order valence-electron chi connectivity index (χ4n) is 2.14.